The van der Waals surface area contributed by atoms with E-state index in [1.807, 2.05) is 17.4 Å². The fourth-order valence-corrected chi connectivity index (χ4v) is 9.37. The first-order valence-electron chi connectivity index (χ1n) is 15.5. The van der Waals surface area contributed by atoms with Crippen LogP contribution in [0.2, 0.25) is 5.02 Å². The third-order valence-corrected chi connectivity index (χ3v) is 11.3. The quantitative estimate of drug-likeness (QED) is 0.175. The van der Waals surface area contributed by atoms with Gasteiger partial charge in [0.15, 0.2) is 0 Å². The Morgan fingerprint density at radius 3 is 1.47 bits per heavy atom. The minimum Gasteiger partial charge on any atom is -0.310 e. The van der Waals surface area contributed by atoms with Gasteiger partial charge in [0.1, 0.15) is 0 Å². The van der Waals surface area contributed by atoms with Crippen LogP contribution in [0.25, 0.3) is 40.3 Å². The molecule has 0 aliphatic carbocycles. The number of hydrogen-bond acceptors (Lipinski definition) is 4. The zero-order valence-electron chi connectivity index (χ0n) is 25.2. The fourth-order valence-electron chi connectivity index (χ4n) is 6.66. The molecule has 2 nitrogen and oxygen atoms in total. The lowest BCUT2D eigenvalue weighted by Crippen LogP contribution is -2.13. The summed E-state index contributed by atoms with van der Waals surface area (Å²) in [5.74, 6) is 0. The molecule has 224 valence electrons. The predicted octanol–water partition coefficient (Wildman–Crippen LogP) is 14.0. The van der Waals surface area contributed by atoms with E-state index in [-0.39, 0.29) is 0 Å². The number of thiophene rings is 2. The number of anilines is 6. The molecule has 0 radical (unpaired) electrons. The van der Waals surface area contributed by atoms with Crippen LogP contribution in [-0.2, 0) is 0 Å². The van der Waals surface area contributed by atoms with Crippen molar-refractivity contribution in [1.29, 1.82) is 0 Å². The highest BCUT2D eigenvalue weighted by atomic mass is 35.5. The van der Waals surface area contributed by atoms with Crippen LogP contribution in [0.4, 0.5) is 34.1 Å². The summed E-state index contributed by atoms with van der Waals surface area (Å²) >= 11 is 10.6. The molecule has 7 aromatic carbocycles. The molecular formula is C42H27ClN2S2. The van der Waals surface area contributed by atoms with E-state index in [1.165, 1.54) is 35.0 Å². The molecule has 0 bridgehead atoms. The molecule has 0 spiro atoms. The molecule has 0 unspecified atom stereocenters. The van der Waals surface area contributed by atoms with Crippen LogP contribution >= 0.6 is 34.3 Å². The molecule has 5 heteroatoms. The highest BCUT2D eigenvalue weighted by Crippen LogP contribution is 2.51. The third kappa shape index (κ3) is 4.76. The van der Waals surface area contributed by atoms with Gasteiger partial charge in [-0.05, 0) is 72.8 Å². The number of hydrogen-bond donors (Lipinski definition) is 0. The van der Waals surface area contributed by atoms with E-state index >= 15 is 0 Å². The second-order valence-electron chi connectivity index (χ2n) is 11.5. The first kappa shape index (κ1) is 28.1. The van der Waals surface area contributed by atoms with Gasteiger partial charge < -0.3 is 9.80 Å². The molecule has 47 heavy (non-hydrogen) atoms. The summed E-state index contributed by atoms with van der Waals surface area (Å²) in [5, 5.41) is 5.57. The van der Waals surface area contributed by atoms with E-state index in [0.29, 0.717) is 0 Å². The minimum atomic E-state index is 0.772. The minimum absolute atomic E-state index is 0.772. The Hall–Kier alpha value is -5.13. The average molecular weight is 659 g/mol. The first-order valence-corrected chi connectivity index (χ1v) is 17.6. The Morgan fingerprint density at radius 1 is 0.383 bits per heavy atom. The van der Waals surface area contributed by atoms with Crippen LogP contribution in [0.15, 0.2) is 164 Å². The number of benzene rings is 7. The summed E-state index contributed by atoms with van der Waals surface area (Å²) in [7, 11) is 0. The van der Waals surface area contributed by atoms with Crippen molar-refractivity contribution in [3.8, 4) is 0 Å². The van der Waals surface area contributed by atoms with E-state index in [1.54, 1.807) is 11.3 Å². The summed E-state index contributed by atoms with van der Waals surface area (Å²) < 4.78 is 4.90. The molecule has 0 aliphatic heterocycles. The Kier molecular flexibility index (Phi) is 6.93. The summed E-state index contributed by atoms with van der Waals surface area (Å²) in [6.45, 7) is 0. The third-order valence-electron chi connectivity index (χ3n) is 8.68. The molecular weight excluding hydrogens is 632 g/mol. The maximum absolute atomic E-state index is 6.95. The zero-order chi connectivity index (χ0) is 31.3. The van der Waals surface area contributed by atoms with Gasteiger partial charge in [0, 0.05) is 58.4 Å². The van der Waals surface area contributed by atoms with E-state index < -0.39 is 0 Å². The van der Waals surface area contributed by atoms with Crippen molar-refractivity contribution in [1.82, 2.24) is 0 Å². The van der Waals surface area contributed by atoms with Crippen molar-refractivity contribution in [3.05, 3.63) is 169 Å². The van der Waals surface area contributed by atoms with Gasteiger partial charge in [0.2, 0.25) is 0 Å². The number of nitrogens with zero attached hydrogens (tertiary/aromatic N) is 2. The maximum Gasteiger partial charge on any atom is 0.0641 e. The lowest BCUT2D eigenvalue weighted by molar-refractivity contribution is 1.27. The molecule has 0 saturated heterocycles. The van der Waals surface area contributed by atoms with Crippen LogP contribution in [-0.4, -0.2) is 0 Å². The SMILES string of the molecule is Clc1ccc(N(c2ccccc2)c2cc(N(c3ccccc3)c3ccccc3)c3c(c2)sc2ccccc23)c2sc3ccccc3c12. The predicted molar refractivity (Wildman–Crippen MR) is 207 cm³/mol. The van der Waals surface area contributed by atoms with Crippen LogP contribution in [0.3, 0.4) is 0 Å². The Balaban J connectivity index is 1.39. The Bertz CT molecular complexity index is 2500. The topological polar surface area (TPSA) is 6.48 Å². The summed E-state index contributed by atoms with van der Waals surface area (Å²) in [6, 6.07) is 58.3. The van der Waals surface area contributed by atoms with Crippen molar-refractivity contribution in [2.75, 3.05) is 9.80 Å². The van der Waals surface area contributed by atoms with Crippen molar-refractivity contribution in [2.24, 2.45) is 0 Å². The lowest BCUT2D eigenvalue weighted by atomic mass is 10.1. The normalized spacial score (nSPS) is 11.5. The Morgan fingerprint density at radius 2 is 0.872 bits per heavy atom. The van der Waals surface area contributed by atoms with Crippen molar-refractivity contribution in [2.45, 2.75) is 0 Å². The van der Waals surface area contributed by atoms with Gasteiger partial charge in [-0.3, -0.25) is 0 Å². The molecule has 0 N–H and O–H groups in total. The number of fused-ring (bicyclic) bond motifs is 6. The van der Waals surface area contributed by atoms with E-state index in [9.17, 15) is 0 Å². The molecule has 9 rings (SSSR count). The lowest BCUT2D eigenvalue weighted by Gasteiger charge is -2.30. The molecule has 2 heterocycles. The van der Waals surface area contributed by atoms with E-state index in [0.717, 1.165) is 44.5 Å². The molecule has 9 aromatic rings. The van der Waals surface area contributed by atoms with Gasteiger partial charge in [-0.2, -0.15) is 0 Å². The van der Waals surface area contributed by atoms with Crippen LogP contribution in [0, 0.1) is 0 Å². The second kappa shape index (κ2) is 11.6. The molecule has 2 aromatic heterocycles. The fraction of sp³-hybridized carbons (Fsp3) is 0. The van der Waals surface area contributed by atoms with Crippen LogP contribution in [0.5, 0.6) is 0 Å². The molecule has 0 atom stereocenters. The summed E-state index contributed by atoms with van der Waals surface area (Å²) in [6.07, 6.45) is 0. The number of rotatable bonds is 6. The van der Waals surface area contributed by atoms with Gasteiger partial charge >= 0.3 is 0 Å². The number of halogens is 1. The van der Waals surface area contributed by atoms with Crippen molar-refractivity contribution in [3.63, 3.8) is 0 Å². The first-order chi connectivity index (χ1) is 23.2. The molecule has 0 amide bonds. The smallest absolute Gasteiger partial charge is 0.0641 e. The van der Waals surface area contributed by atoms with Gasteiger partial charge in [0.05, 0.1) is 21.1 Å². The van der Waals surface area contributed by atoms with Gasteiger partial charge in [-0.1, -0.05) is 103 Å². The molecule has 0 saturated carbocycles. The standard InChI is InChI=1S/C42H27ClN2S2/c43-34-24-25-35(42-40(34)32-20-10-13-23-38(32)47-42)45(30-18-8-3-9-19-30)31-26-36(41-33-21-11-12-22-37(33)46-39(41)27-31)44(28-14-4-1-5-15-28)29-16-6-2-7-17-29/h1-27H. The van der Waals surface area contributed by atoms with Crippen LogP contribution in [0.1, 0.15) is 0 Å². The average Bonchev–Trinajstić information content (AvgIpc) is 3.71. The largest absolute Gasteiger partial charge is 0.310 e. The van der Waals surface area contributed by atoms with Gasteiger partial charge in [-0.25, -0.2) is 0 Å². The van der Waals surface area contributed by atoms with E-state index in [4.69, 9.17) is 11.6 Å². The maximum atomic E-state index is 6.95. The molecule has 0 aliphatic rings. The Labute approximate surface area is 285 Å². The monoisotopic (exact) mass is 658 g/mol. The van der Waals surface area contributed by atoms with Gasteiger partial charge in [-0.15, -0.1) is 22.7 Å². The highest BCUT2D eigenvalue weighted by Gasteiger charge is 2.24. The van der Waals surface area contributed by atoms with Crippen LogP contribution < -0.4 is 9.80 Å². The summed E-state index contributed by atoms with van der Waals surface area (Å²) in [4.78, 5) is 4.79. The highest BCUT2D eigenvalue weighted by molar-refractivity contribution is 7.26. The van der Waals surface area contributed by atoms with Gasteiger partial charge in [0.25, 0.3) is 0 Å². The summed E-state index contributed by atoms with van der Waals surface area (Å²) in [5.41, 5.74) is 6.63. The van der Waals surface area contributed by atoms with Crippen molar-refractivity contribution < 1.29 is 0 Å². The van der Waals surface area contributed by atoms with E-state index in [2.05, 4.69) is 168 Å². The molecule has 0 fully saturated rings. The second-order valence-corrected chi connectivity index (χ2v) is 14.0. The zero-order valence-corrected chi connectivity index (χ0v) is 27.6. The number of para-hydroxylation sites is 3. The van der Waals surface area contributed by atoms with Crippen molar-refractivity contribution >= 4 is 109 Å².